The molecule has 1 rings (SSSR count). The van der Waals surface area contributed by atoms with Gasteiger partial charge in [0.15, 0.2) is 0 Å². The minimum absolute atomic E-state index is 0.185. The fraction of sp³-hybridized carbons (Fsp3) is 0.400. The standard InChI is InChI=1S/C10H14BrN3O/c1-2-3-5-13-10(15)14-9-4-6-12-7-8(9)11/h4,6-7H,2-3,5H2,1H3,(H2,12,13,14,15). The average molecular weight is 272 g/mol. The van der Waals surface area contributed by atoms with Gasteiger partial charge < -0.3 is 10.6 Å². The van der Waals surface area contributed by atoms with Crippen LogP contribution in [0.25, 0.3) is 0 Å². The predicted octanol–water partition coefficient (Wildman–Crippen LogP) is 2.77. The number of anilines is 1. The Hall–Kier alpha value is -1.10. The molecule has 0 unspecified atom stereocenters. The number of hydrogen-bond acceptors (Lipinski definition) is 2. The van der Waals surface area contributed by atoms with Gasteiger partial charge in [-0.25, -0.2) is 4.79 Å². The van der Waals surface area contributed by atoms with Gasteiger partial charge in [-0.1, -0.05) is 13.3 Å². The number of unbranched alkanes of at least 4 members (excludes halogenated alkanes) is 1. The van der Waals surface area contributed by atoms with E-state index in [-0.39, 0.29) is 6.03 Å². The van der Waals surface area contributed by atoms with E-state index >= 15 is 0 Å². The van der Waals surface area contributed by atoms with Gasteiger partial charge in [0, 0.05) is 18.9 Å². The molecule has 0 radical (unpaired) electrons. The van der Waals surface area contributed by atoms with E-state index in [2.05, 4.69) is 38.5 Å². The van der Waals surface area contributed by atoms with Crippen molar-refractivity contribution in [2.75, 3.05) is 11.9 Å². The van der Waals surface area contributed by atoms with Gasteiger partial charge in [-0.2, -0.15) is 0 Å². The summed E-state index contributed by atoms with van der Waals surface area (Å²) in [5.74, 6) is 0. The quantitative estimate of drug-likeness (QED) is 0.828. The fourth-order valence-corrected chi connectivity index (χ4v) is 1.37. The van der Waals surface area contributed by atoms with Crippen LogP contribution in [0.1, 0.15) is 19.8 Å². The topological polar surface area (TPSA) is 54.0 Å². The molecule has 15 heavy (non-hydrogen) atoms. The van der Waals surface area contributed by atoms with Crippen molar-refractivity contribution in [3.8, 4) is 0 Å². The van der Waals surface area contributed by atoms with E-state index in [4.69, 9.17) is 0 Å². The van der Waals surface area contributed by atoms with E-state index in [1.54, 1.807) is 18.5 Å². The van der Waals surface area contributed by atoms with Crippen LogP contribution in [0.2, 0.25) is 0 Å². The highest BCUT2D eigenvalue weighted by Gasteiger charge is 2.03. The van der Waals surface area contributed by atoms with Crippen LogP contribution in [0, 0.1) is 0 Å². The largest absolute Gasteiger partial charge is 0.338 e. The van der Waals surface area contributed by atoms with Gasteiger partial charge in [0.1, 0.15) is 0 Å². The SMILES string of the molecule is CCCCNC(=O)Nc1ccncc1Br. The molecule has 1 heterocycles. The Labute approximate surface area is 97.6 Å². The Morgan fingerprint density at radius 1 is 1.60 bits per heavy atom. The maximum absolute atomic E-state index is 11.4. The second kappa shape index (κ2) is 6.40. The van der Waals surface area contributed by atoms with E-state index in [9.17, 15) is 4.79 Å². The summed E-state index contributed by atoms with van der Waals surface area (Å²) in [4.78, 5) is 15.3. The Morgan fingerprint density at radius 2 is 2.40 bits per heavy atom. The van der Waals surface area contributed by atoms with Crippen molar-refractivity contribution in [2.24, 2.45) is 0 Å². The summed E-state index contributed by atoms with van der Waals surface area (Å²) < 4.78 is 0.774. The van der Waals surface area contributed by atoms with Crippen LogP contribution in [0.3, 0.4) is 0 Å². The first kappa shape index (κ1) is 12.0. The summed E-state index contributed by atoms with van der Waals surface area (Å²) in [6, 6.07) is 1.55. The Kier molecular flexibility index (Phi) is 5.10. The Bertz CT molecular complexity index is 330. The first-order valence-electron chi connectivity index (χ1n) is 4.88. The van der Waals surface area contributed by atoms with Crippen molar-refractivity contribution in [3.05, 3.63) is 22.9 Å². The number of hydrogen-bond donors (Lipinski definition) is 2. The molecule has 0 saturated heterocycles. The number of aromatic nitrogens is 1. The second-order valence-electron chi connectivity index (χ2n) is 3.09. The van der Waals surface area contributed by atoms with E-state index in [1.807, 2.05) is 0 Å². The van der Waals surface area contributed by atoms with Crippen LogP contribution in [-0.4, -0.2) is 17.6 Å². The van der Waals surface area contributed by atoms with Crippen LogP contribution in [0.4, 0.5) is 10.5 Å². The minimum atomic E-state index is -0.185. The third-order valence-electron chi connectivity index (χ3n) is 1.84. The summed E-state index contributed by atoms with van der Waals surface area (Å²) in [5.41, 5.74) is 0.721. The third kappa shape index (κ3) is 4.29. The van der Waals surface area contributed by atoms with Gasteiger partial charge in [0.2, 0.25) is 0 Å². The molecule has 5 heteroatoms. The van der Waals surface area contributed by atoms with Gasteiger partial charge in [-0.15, -0.1) is 0 Å². The molecule has 0 aliphatic carbocycles. The first-order valence-corrected chi connectivity index (χ1v) is 5.67. The number of rotatable bonds is 4. The maximum atomic E-state index is 11.4. The molecule has 0 aromatic carbocycles. The minimum Gasteiger partial charge on any atom is -0.338 e. The number of halogens is 1. The lowest BCUT2D eigenvalue weighted by Crippen LogP contribution is -2.29. The maximum Gasteiger partial charge on any atom is 0.319 e. The zero-order chi connectivity index (χ0) is 11.1. The van der Waals surface area contributed by atoms with Gasteiger partial charge in [-0.3, -0.25) is 4.98 Å². The lowest BCUT2D eigenvalue weighted by atomic mass is 10.3. The molecule has 0 spiro atoms. The zero-order valence-corrected chi connectivity index (χ0v) is 10.2. The molecule has 1 aromatic rings. The number of carbonyl (C=O) groups excluding carboxylic acids is 1. The molecule has 0 fully saturated rings. The fourth-order valence-electron chi connectivity index (χ4n) is 1.02. The number of pyridine rings is 1. The van der Waals surface area contributed by atoms with Crippen molar-refractivity contribution >= 4 is 27.6 Å². The van der Waals surface area contributed by atoms with Gasteiger partial charge in [0.05, 0.1) is 10.2 Å². The molecule has 1 aromatic heterocycles. The summed E-state index contributed by atoms with van der Waals surface area (Å²) >= 11 is 3.30. The van der Waals surface area contributed by atoms with Crippen LogP contribution >= 0.6 is 15.9 Å². The monoisotopic (exact) mass is 271 g/mol. The van der Waals surface area contributed by atoms with Crippen molar-refractivity contribution in [1.82, 2.24) is 10.3 Å². The van der Waals surface area contributed by atoms with E-state index in [1.165, 1.54) is 0 Å². The summed E-state index contributed by atoms with van der Waals surface area (Å²) in [6.07, 6.45) is 5.33. The smallest absolute Gasteiger partial charge is 0.319 e. The second-order valence-corrected chi connectivity index (χ2v) is 3.94. The van der Waals surface area contributed by atoms with Crippen molar-refractivity contribution in [1.29, 1.82) is 0 Å². The first-order chi connectivity index (χ1) is 7.24. The molecular formula is C10H14BrN3O. The molecular weight excluding hydrogens is 258 g/mol. The van der Waals surface area contributed by atoms with Crippen LogP contribution in [0.15, 0.2) is 22.9 Å². The number of carbonyl (C=O) groups is 1. The average Bonchev–Trinajstić information content (AvgIpc) is 2.22. The number of amides is 2. The molecule has 0 bridgehead atoms. The van der Waals surface area contributed by atoms with Gasteiger partial charge in [-0.05, 0) is 28.4 Å². The summed E-state index contributed by atoms with van der Waals surface area (Å²) in [6.45, 7) is 2.78. The zero-order valence-electron chi connectivity index (χ0n) is 8.59. The molecule has 82 valence electrons. The lowest BCUT2D eigenvalue weighted by molar-refractivity contribution is 0.252. The highest BCUT2D eigenvalue weighted by Crippen LogP contribution is 2.19. The van der Waals surface area contributed by atoms with E-state index in [0.717, 1.165) is 23.0 Å². The summed E-state index contributed by atoms with van der Waals surface area (Å²) in [7, 11) is 0. The molecule has 0 aliphatic rings. The van der Waals surface area contributed by atoms with Crippen LogP contribution in [-0.2, 0) is 0 Å². The van der Waals surface area contributed by atoms with Crippen molar-refractivity contribution in [2.45, 2.75) is 19.8 Å². The molecule has 0 aliphatic heterocycles. The number of urea groups is 1. The molecule has 0 atom stereocenters. The Morgan fingerprint density at radius 3 is 3.07 bits per heavy atom. The van der Waals surface area contributed by atoms with Crippen LogP contribution in [0.5, 0.6) is 0 Å². The van der Waals surface area contributed by atoms with Gasteiger partial charge in [0.25, 0.3) is 0 Å². The predicted molar refractivity (Wildman–Crippen MR) is 63.9 cm³/mol. The van der Waals surface area contributed by atoms with Crippen molar-refractivity contribution < 1.29 is 4.79 Å². The third-order valence-corrected chi connectivity index (χ3v) is 2.47. The Balaban J connectivity index is 2.41. The van der Waals surface area contributed by atoms with Crippen molar-refractivity contribution in [3.63, 3.8) is 0 Å². The highest BCUT2D eigenvalue weighted by molar-refractivity contribution is 9.10. The lowest BCUT2D eigenvalue weighted by Gasteiger charge is -2.07. The highest BCUT2D eigenvalue weighted by atomic mass is 79.9. The molecule has 0 saturated carbocycles. The number of nitrogens with one attached hydrogen (secondary N) is 2. The van der Waals surface area contributed by atoms with Crippen LogP contribution < -0.4 is 10.6 Å². The normalized spacial score (nSPS) is 9.73. The van der Waals surface area contributed by atoms with Gasteiger partial charge >= 0.3 is 6.03 Å². The van der Waals surface area contributed by atoms with E-state index < -0.39 is 0 Å². The molecule has 2 amide bonds. The molecule has 4 nitrogen and oxygen atoms in total. The molecule has 2 N–H and O–H groups in total. The number of nitrogens with zero attached hydrogens (tertiary/aromatic N) is 1. The van der Waals surface area contributed by atoms with E-state index in [0.29, 0.717) is 6.54 Å². The summed E-state index contributed by atoms with van der Waals surface area (Å²) in [5, 5.41) is 5.50.